The fraction of sp³-hybridized carbons (Fsp3) is 0.0667. The Labute approximate surface area is 120 Å². The lowest BCUT2D eigenvalue weighted by Crippen LogP contribution is -2.22. The molecule has 0 unspecified atom stereocenters. The Morgan fingerprint density at radius 2 is 2.05 bits per heavy atom. The van der Waals surface area contributed by atoms with Gasteiger partial charge in [0.15, 0.2) is 0 Å². The van der Waals surface area contributed by atoms with Crippen LogP contribution in [0.3, 0.4) is 0 Å². The zero-order chi connectivity index (χ0) is 13.8. The van der Waals surface area contributed by atoms with Crippen molar-refractivity contribution >= 4 is 17.2 Å². The van der Waals surface area contributed by atoms with Crippen LogP contribution in [0.25, 0.3) is 11.3 Å². The summed E-state index contributed by atoms with van der Waals surface area (Å²) in [5, 5.41) is 4.73. The summed E-state index contributed by atoms with van der Waals surface area (Å²) < 4.78 is 0. The highest BCUT2D eigenvalue weighted by Crippen LogP contribution is 2.16. The lowest BCUT2D eigenvalue weighted by atomic mass is 10.2. The van der Waals surface area contributed by atoms with E-state index >= 15 is 0 Å². The van der Waals surface area contributed by atoms with Crippen molar-refractivity contribution in [1.29, 1.82) is 0 Å². The molecule has 5 heteroatoms. The number of thiophene rings is 1. The highest BCUT2D eigenvalue weighted by molar-refractivity contribution is 7.12. The van der Waals surface area contributed by atoms with Crippen LogP contribution in [0.5, 0.6) is 0 Å². The predicted octanol–water partition coefficient (Wildman–Crippen LogP) is 3.07. The average molecular weight is 283 g/mol. The number of H-pyrrole nitrogens is 1. The third-order valence-corrected chi connectivity index (χ3v) is 3.74. The summed E-state index contributed by atoms with van der Waals surface area (Å²) in [5.41, 5.74) is 2.03. The maximum Gasteiger partial charge on any atom is 0.261 e. The first-order chi connectivity index (χ1) is 9.83. The van der Waals surface area contributed by atoms with Gasteiger partial charge in [0.2, 0.25) is 0 Å². The van der Waals surface area contributed by atoms with E-state index in [1.165, 1.54) is 11.3 Å². The van der Waals surface area contributed by atoms with Crippen LogP contribution in [0, 0.1) is 0 Å². The number of carbonyl (C=O) groups is 1. The molecule has 20 heavy (non-hydrogen) atoms. The summed E-state index contributed by atoms with van der Waals surface area (Å²) in [7, 11) is 0. The van der Waals surface area contributed by atoms with E-state index in [9.17, 15) is 4.79 Å². The number of aromatic nitrogens is 2. The van der Waals surface area contributed by atoms with Gasteiger partial charge in [-0.25, -0.2) is 4.98 Å². The van der Waals surface area contributed by atoms with E-state index in [4.69, 9.17) is 0 Å². The third-order valence-electron chi connectivity index (χ3n) is 2.87. The lowest BCUT2D eigenvalue weighted by Gasteiger charge is -2.00. The third kappa shape index (κ3) is 2.78. The van der Waals surface area contributed by atoms with Gasteiger partial charge >= 0.3 is 0 Å². The van der Waals surface area contributed by atoms with Gasteiger partial charge in [-0.1, -0.05) is 36.4 Å². The average Bonchev–Trinajstić information content (AvgIpc) is 3.17. The largest absolute Gasteiger partial charge is 0.344 e. The molecule has 0 fully saturated rings. The number of hydrogen-bond donors (Lipinski definition) is 2. The fourth-order valence-electron chi connectivity index (χ4n) is 1.88. The van der Waals surface area contributed by atoms with Crippen molar-refractivity contribution in [2.75, 3.05) is 0 Å². The van der Waals surface area contributed by atoms with E-state index in [2.05, 4.69) is 15.3 Å². The van der Waals surface area contributed by atoms with Crippen molar-refractivity contribution in [3.63, 3.8) is 0 Å². The topological polar surface area (TPSA) is 57.8 Å². The molecule has 3 aromatic rings. The van der Waals surface area contributed by atoms with E-state index in [1.807, 2.05) is 41.8 Å². The van der Waals surface area contributed by atoms with Crippen LogP contribution in [-0.4, -0.2) is 15.9 Å². The van der Waals surface area contributed by atoms with Gasteiger partial charge in [0.05, 0.1) is 23.3 Å². The Balaban J connectivity index is 1.65. The molecule has 0 saturated carbocycles. The first-order valence-electron chi connectivity index (χ1n) is 6.24. The SMILES string of the molecule is O=C(NCc1ncc(-c2ccccc2)[nH]1)c1cccs1. The van der Waals surface area contributed by atoms with E-state index in [-0.39, 0.29) is 5.91 Å². The number of benzene rings is 1. The number of aromatic amines is 1. The second-order valence-corrected chi connectivity index (χ2v) is 5.22. The zero-order valence-electron chi connectivity index (χ0n) is 10.7. The molecule has 0 aliphatic rings. The van der Waals surface area contributed by atoms with Crippen molar-refractivity contribution in [3.8, 4) is 11.3 Å². The van der Waals surface area contributed by atoms with E-state index in [0.29, 0.717) is 11.4 Å². The minimum absolute atomic E-state index is 0.0716. The van der Waals surface area contributed by atoms with Crippen LogP contribution in [0.15, 0.2) is 54.0 Å². The van der Waals surface area contributed by atoms with Crippen LogP contribution in [0.2, 0.25) is 0 Å². The molecule has 0 aliphatic heterocycles. The summed E-state index contributed by atoms with van der Waals surface area (Å²) in [6.07, 6.45) is 1.78. The molecule has 3 rings (SSSR count). The van der Waals surface area contributed by atoms with Gasteiger partial charge in [-0.15, -0.1) is 11.3 Å². The lowest BCUT2D eigenvalue weighted by molar-refractivity contribution is 0.0954. The van der Waals surface area contributed by atoms with Crippen molar-refractivity contribution in [3.05, 3.63) is 64.7 Å². The minimum Gasteiger partial charge on any atom is -0.344 e. The molecule has 1 amide bonds. The Morgan fingerprint density at radius 1 is 1.20 bits per heavy atom. The standard InChI is InChI=1S/C15H13N3OS/c19-15(13-7-4-8-20-13)17-10-14-16-9-12(18-14)11-5-2-1-3-6-11/h1-9H,10H2,(H,16,18)(H,17,19). The Bertz CT molecular complexity index is 689. The second-order valence-electron chi connectivity index (χ2n) is 4.27. The Morgan fingerprint density at radius 3 is 2.80 bits per heavy atom. The second kappa shape index (κ2) is 5.71. The van der Waals surface area contributed by atoms with Crippen LogP contribution in [0.4, 0.5) is 0 Å². The molecular formula is C15H13N3OS. The van der Waals surface area contributed by atoms with E-state index < -0.39 is 0 Å². The summed E-state index contributed by atoms with van der Waals surface area (Å²) in [6.45, 7) is 0.392. The predicted molar refractivity (Wildman–Crippen MR) is 79.5 cm³/mol. The molecule has 0 bridgehead atoms. The molecule has 0 radical (unpaired) electrons. The quantitative estimate of drug-likeness (QED) is 0.773. The van der Waals surface area contributed by atoms with Crippen LogP contribution < -0.4 is 5.32 Å². The van der Waals surface area contributed by atoms with E-state index in [0.717, 1.165) is 17.1 Å². The minimum atomic E-state index is -0.0716. The first kappa shape index (κ1) is 12.6. The molecule has 100 valence electrons. The van der Waals surface area contributed by atoms with Crippen molar-refractivity contribution in [2.45, 2.75) is 6.54 Å². The monoisotopic (exact) mass is 283 g/mol. The molecule has 0 saturated heterocycles. The van der Waals surface area contributed by atoms with Gasteiger partial charge in [-0.3, -0.25) is 4.79 Å². The smallest absolute Gasteiger partial charge is 0.261 e. The molecule has 0 atom stereocenters. The molecule has 0 spiro atoms. The Kier molecular flexibility index (Phi) is 3.60. The number of imidazole rings is 1. The van der Waals surface area contributed by atoms with Gasteiger partial charge in [-0.05, 0) is 17.0 Å². The van der Waals surface area contributed by atoms with Crippen molar-refractivity contribution in [2.24, 2.45) is 0 Å². The van der Waals surface area contributed by atoms with Gasteiger partial charge in [0.25, 0.3) is 5.91 Å². The maximum absolute atomic E-state index is 11.8. The Hall–Kier alpha value is -2.40. The van der Waals surface area contributed by atoms with Gasteiger partial charge in [-0.2, -0.15) is 0 Å². The van der Waals surface area contributed by atoms with Crippen molar-refractivity contribution < 1.29 is 4.79 Å². The highest BCUT2D eigenvalue weighted by atomic mass is 32.1. The first-order valence-corrected chi connectivity index (χ1v) is 7.12. The fourth-order valence-corrected chi connectivity index (χ4v) is 2.52. The van der Waals surface area contributed by atoms with Crippen LogP contribution >= 0.6 is 11.3 Å². The number of hydrogen-bond acceptors (Lipinski definition) is 3. The van der Waals surface area contributed by atoms with Gasteiger partial charge in [0, 0.05) is 0 Å². The van der Waals surface area contributed by atoms with Gasteiger partial charge < -0.3 is 10.3 Å². The van der Waals surface area contributed by atoms with Crippen LogP contribution in [-0.2, 0) is 6.54 Å². The van der Waals surface area contributed by atoms with Gasteiger partial charge in [0.1, 0.15) is 5.82 Å². The molecule has 2 N–H and O–H groups in total. The highest BCUT2D eigenvalue weighted by Gasteiger charge is 2.07. The number of nitrogens with zero attached hydrogens (tertiary/aromatic N) is 1. The molecule has 2 aromatic heterocycles. The number of nitrogens with one attached hydrogen (secondary N) is 2. The molecule has 1 aromatic carbocycles. The summed E-state index contributed by atoms with van der Waals surface area (Å²) in [5.74, 6) is 0.673. The van der Waals surface area contributed by atoms with Crippen molar-refractivity contribution in [1.82, 2.24) is 15.3 Å². The molecule has 4 nitrogen and oxygen atoms in total. The maximum atomic E-state index is 11.8. The van der Waals surface area contributed by atoms with E-state index in [1.54, 1.807) is 12.3 Å². The summed E-state index contributed by atoms with van der Waals surface area (Å²) in [6, 6.07) is 13.6. The summed E-state index contributed by atoms with van der Waals surface area (Å²) >= 11 is 1.43. The molecular weight excluding hydrogens is 270 g/mol. The zero-order valence-corrected chi connectivity index (χ0v) is 11.5. The number of carbonyl (C=O) groups excluding carboxylic acids is 1. The number of amides is 1. The normalized spacial score (nSPS) is 10.4. The summed E-state index contributed by atoms with van der Waals surface area (Å²) in [4.78, 5) is 20.0. The molecule has 0 aliphatic carbocycles. The number of rotatable bonds is 4. The van der Waals surface area contributed by atoms with Crippen LogP contribution in [0.1, 0.15) is 15.5 Å². The molecule has 2 heterocycles.